The van der Waals surface area contributed by atoms with E-state index in [-0.39, 0.29) is 5.41 Å². The molecule has 0 amide bonds. The number of fused-ring (bicyclic) bond motifs is 1. The van der Waals surface area contributed by atoms with Gasteiger partial charge in [0.05, 0.1) is 11.9 Å². The molecule has 0 N–H and O–H groups in total. The highest BCUT2D eigenvalue weighted by atomic mass is 15.1. The second-order valence-corrected chi connectivity index (χ2v) is 3.86. The van der Waals surface area contributed by atoms with Gasteiger partial charge in [-0.3, -0.25) is 0 Å². The van der Waals surface area contributed by atoms with Crippen molar-refractivity contribution in [1.29, 1.82) is 0 Å². The van der Waals surface area contributed by atoms with Crippen molar-refractivity contribution < 1.29 is 0 Å². The molecule has 0 bridgehead atoms. The van der Waals surface area contributed by atoms with Gasteiger partial charge in [0.15, 0.2) is 0 Å². The first-order valence-electron chi connectivity index (χ1n) is 4.38. The van der Waals surface area contributed by atoms with E-state index in [1.54, 1.807) is 6.20 Å². The molecule has 0 radical (unpaired) electrons. The molecular formula is C11H12N2. The summed E-state index contributed by atoms with van der Waals surface area (Å²) >= 11 is 0. The summed E-state index contributed by atoms with van der Waals surface area (Å²) in [6.45, 7) is 4.33. The van der Waals surface area contributed by atoms with E-state index in [0.717, 1.165) is 11.3 Å². The monoisotopic (exact) mass is 172 g/mol. The number of hydrogen-bond acceptors (Lipinski definition) is 2. The van der Waals surface area contributed by atoms with E-state index < -0.39 is 0 Å². The standard InChI is InChI=1S/C11H12N2/c1-11(2)6-3-9-5-8-12-13-10(9)4-7-11/h3-8H,1-2H3. The van der Waals surface area contributed by atoms with Crippen LogP contribution in [0.1, 0.15) is 25.1 Å². The molecule has 0 fully saturated rings. The minimum absolute atomic E-state index is 0.112. The smallest absolute Gasteiger partial charge is 0.0926 e. The third-order valence-corrected chi connectivity index (χ3v) is 2.15. The molecule has 1 aliphatic carbocycles. The summed E-state index contributed by atoms with van der Waals surface area (Å²) in [7, 11) is 0. The molecule has 66 valence electrons. The molecule has 0 aliphatic heterocycles. The van der Waals surface area contributed by atoms with Gasteiger partial charge in [-0.05, 0) is 12.1 Å². The van der Waals surface area contributed by atoms with Crippen molar-refractivity contribution in [3.63, 3.8) is 0 Å². The van der Waals surface area contributed by atoms with E-state index in [4.69, 9.17) is 0 Å². The molecule has 2 nitrogen and oxygen atoms in total. The van der Waals surface area contributed by atoms with E-state index in [2.05, 4.69) is 42.3 Å². The SMILES string of the molecule is CC1(C)C=Cc2ccnnc2C=C1. The number of aromatic nitrogens is 2. The quantitative estimate of drug-likeness (QED) is 0.601. The predicted molar refractivity (Wildman–Crippen MR) is 53.9 cm³/mol. The van der Waals surface area contributed by atoms with Crippen LogP contribution < -0.4 is 0 Å². The van der Waals surface area contributed by atoms with Crippen LogP contribution in [-0.4, -0.2) is 10.2 Å². The van der Waals surface area contributed by atoms with Crippen LogP contribution in [-0.2, 0) is 0 Å². The van der Waals surface area contributed by atoms with E-state index in [1.807, 2.05) is 12.1 Å². The minimum atomic E-state index is 0.112. The molecule has 13 heavy (non-hydrogen) atoms. The third-order valence-electron chi connectivity index (χ3n) is 2.15. The Balaban J connectivity index is 2.53. The van der Waals surface area contributed by atoms with Gasteiger partial charge in [0, 0.05) is 11.0 Å². The maximum atomic E-state index is 4.06. The first kappa shape index (κ1) is 8.17. The Hall–Kier alpha value is -1.44. The van der Waals surface area contributed by atoms with Crippen LogP contribution >= 0.6 is 0 Å². The van der Waals surface area contributed by atoms with Crippen LogP contribution in [0.25, 0.3) is 12.2 Å². The highest BCUT2D eigenvalue weighted by molar-refractivity contribution is 5.65. The third kappa shape index (κ3) is 1.66. The summed E-state index contributed by atoms with van der Waals surface area (Å²) < 4.78 is 0. The molecular weight excluding hydrogens is 160 g/mol. The average molecular weight is 172 g/mol. The minimum Gasteiger partial charge on any atom is -0.159 e. The average Bonchev–Trinajstić information content (AvgIpc) is 2.27. The zero-order valence-corrected chi connectivity index (χ0v) is 7.86. The van der Waals surface area contributed by atoms with Crippen LogP contribution in [0.2, 0.25) is 0 Å². The van der Waals surface area contributed by atoms with Crippen molar-refractivity contribution in [3.05, 3.63) is 35.7 Å². The molecule has 0 atom stereocenters. The first-order valence-corrected chi connectivity index (χ1v) is 4.38. The molecule has 0 aromatic carbocycles. The summed E-state index contributed by atoms with van der Waals surface area (Å²) in [5.74, 6) is 0. The lowest BCUT2D eigenvalue weighted by molar-refractivity contribution is 0.633. The van der Waals surface area contributed by atoms with Crippen molar-refractivity contribution in [2.75, 3.05) is 0 Å². The van der Waals surface area contributed by atoms with E-state index >= 15 is 0 Å². The van der Waals surface area contributed by atoms with Crippen molar-refractivity contribution >= 4 is 12.2 Å². The molecule has 1 aromatic rings. The number of rotatable bonds is 0. The van der Waals surface area contributed by atoms with Crippen LogP contribution in [0.4, 0.5) is 0 Å². The Bertz CT molecular complexity index is 340. The second-order valence-electron chi connectivity index (χ2n) is 3.86. The Kier molecular flexibility index (Phi) is 1.76. The molecule has 1 heterocycles. The first-order chi connectivity index (χ1) is 6.17. The Labute approximate surface area is 78.0 Å². The normalized spacial score (nSPS) is 18.0. The summed E-state index contributed by atoms with van der Waals surface area (Å²) in [5.41, 5.74) is 2.20. The summed E-state index contributed by atoms with van der Waals surface area (Å²) in [6.07, 6.45) is 10.2. The maximum Gasteiger partial charge on any atom is 0.0926 e. The van der Waals surface area contributed by atoms with Crippen molar-refractivity contribution in [3.8, 4) is 0 Å². The van der Waals surface area contributed by atoms with Crippen LogP contribution in [0, 0.1) is 5.41 Å². The Morgan fingerprint density at radius 3 is 2.77 bits per heavy atom. The van der Waals surface area contributed by atoms with Gasteiger partial charge in [-0.1, -0.05) is 32.1 Å². The lowest BCUT2D eigenvalue weighted by Crippen LogP contribution is -2.00. The van der Waals surface area contributed by atoms with Gasteiger partial charge in [-0.2, -0.15) is 10.2 Å². The van der Waals surface area contributed by atoms with Gasteiger partial charge in [0.25, 0.3) is 0 Å². The molecule has 0 saturated carbocycles. The summed E-state index contributed by atoms with van der Waals surface area (Å²) in [4.78, 5) is 0. The van der Waals surface area contributed by atoms with Crippen molar-refractivity contribution in [2.45, 2.75) is 13.8 Å². The summed E-state index contributed by atoms with van der Waals surface area (Å²) in [6, 6.07) is 1.98. The fraction of sp³-hybridized carbons (Fsp3) is 0.273. The largest absolute Gasteiger partial charge is 0.159 e. The number of allylic oxidation sites excluding steroid dienone is 2. The number of hydrogen-bond donors (Lipinski definition) is 0. The second kappa shape index (κ2) is 2.80. The van der Waals surface area contributed by atoms with Crippen LogP contribution in [0.3, 0.4) is 0 Å². The van der Waals surface area contributed by atoms with Gasteiger partial charge in [-0.15, -0.1) is 0 Å². The zero-order chi connectivity index (χ0) is 9.31. The molecule has 0 spiro atoms. The van der Waals surface area contributed by atoms with E-state index in [0.29, 0.717) is 0 Å². The highest BCUT2D eigenvalue weighted by Crippen LogP contribution is 2.25. The molecule has 0 unspecified atom stereocenters. The van der Waals surface area contributed by atoms with E-state index in [1.165, 1.54) is 0 Å². The van der Waals surface area contributed by atoms with Crippen molar-refractivity contribution in [1.82, 2.24) is 10.2 Å². The number of nitrogens with zero attached hydrogens (tertiary/aromatic N) is 2. The fourth-order valence-corrected chi connectivity index (χ4v) is 1.28. The predicted octanol–water partition coefficient (Wildman–Crippen LogP) is 2.54. The Morgan fingerprint density at radius 2 is 1.92 bits per heavy atom. The van der Waals surface area contributed by atoms with Gasteiger partial charge in [0.2, 0.25) is 0 Å². The summed E-state index contributed by atoms with van der Waals surface area (Å²) in [5, 5.41) is 7.91. The van der Waals surface area contributed by atoms with Gasteiger partial charge < -0.3 is 0 Å². The van der Waals surface area contributed by atoms with E-state index in [9.17, 15) is 0 Å². The van der Waals surface area contributed by atoms with Gasteiger partial charge in [0.1, 0.15) is 0 Å². The van der Waals surface area contributed by atoms with Crippen LogP contribution in [0.15, 0.2) is 24.4 Å². The van der Waals surface area contributed by atoms with Gasteiger partial charge in [-0.25, -0.2) is 0 Å². The highest BCUT2D eigenvalue weighted by Gasteiger charge is 2.12. The Morgan fingerprint density at radius 1 is 1.15 bits per heavy atom. The molecule has 2 heteroatoms. The maximum absolute atomic E-state index is 4.06. The van der Waals surface area contributed by atoms with Crippen molar-refractivity contribution in [2.24, 2.45) is 5.41 Å². The lowest BCUT2D eigenvalue weighted by Gasteiger charge is -2.11. The zero-order valence-electron chi connectivity index (χ0n) is 7.86. The lowest BCUT2D eigenvalue weighted by atomic mass is 9.93. The van der Waals surface area contributed by atoms with Crippen LogP contribution in [0.5, 0.6) is 0 Å². The molecule has 2 rings (SSSR count). The topological polar surface area (TPSA) is 25.8 Å². The fourth-order valence-electron chi connectivity index (χ4n) is 1.28. The molecule has 1 aliphatic rings. The molecule has 0 saturated heterocycles. The molecule has 1 aromatic heterocycles. The van der Waals surface area contributed by atoms with Gasteiger partial charge >= 0.3 is 0 Å².